The molecule has 9 aromatic rings. The Hall–Kier alpha value is -6.58. The minimum Gasteiger partial charge on any atom is -0.333 e. The highest BCUT2D eigenvalue weighted by atomic mass is 14.6. The van der Waals surface area contributed by atoms with Crippen LogP contribution >= 0.6 is 0 Å². The molecule has 2 nitrogen and oxygen atoms in total. The molecule has 0 fully saturated rings. The smallest absolute Gasteiger partial charge is 0.0726 e. The Balaban J connectivity index is 0.000000160. The number of benzene rings is 9. The predicted octanol–water partition coefficient (Wildman–Crippen LogP) is 12.6. The molecular formula is C54H44N2. The second-order valence-electron chi connectivity index (χ2n) is 14.7. The summed E-state index contributed by atoms with van der Waals surface area (Å²) < 4.78 is 0. The molecule has 11 rings (SSSR count). The number of nitrogens with two attached hydrogens (primary N) is 2. The molecule has 0 amide bonds. The van der Waals surface area contributed by atoms with Gasteiger partial charge in [-0.05, 0) is 114 Å². The summed E-state index contributed by atoms with van der Waals surface area (Å²) in [6, 6.07) is 72.3. The van der Waals surface area contributed by atoms with Crippen LogP contribution in [0.4, 0.5) is 0 Å². The maximum absolute atomic E-state index is 6.36. The first-order valence-electron chi connectivity index (χ1n) is 19.4. The summed E-state index contributed by atoms with van der Waals surface area (Å²) in [5, 5.41) is 5.49. The molecule has 0 aliphatic heterocycles. The molecule has 2 aliphatic rings. The molecule has 1 atom stereocenters. The zero-order chi connectivity index (χ0) is 38.2. The van der Waals surface area contributed by atoms with Crippen molar-refractivity contribution in [3.8, 4) is 33.4 Å². The lowest BCUT2D eigenvalue weighted by atomic mass is 9.70. The van der Waals surface area contributed by atoms with Gasteiger partial charge in [-0.25, -0.2) is 0 Å². The summed E-state index contributed by atoms with van der Waals surface area (Å²) >= 11 is 0. The Morgan fingerprint density at radius 1 is 0.375 bits per heavy atom. The maximum atomic E-state index is 6.36. The summed E-state index contributed by atoms with van der Waals surface area (Å²) in [5.74, 6) is 0. The highest BCUT2D eigenvalue weighted by Gasteiger charge is 2.50. The van der Waals surface area contributed by atoms with Crippen molar-refractivity contribution in [1.29, 1.82) is 0 Å². The third-order valence-corrected chi connectivity index (χ3v) is 11.6. The molecule has 0 heterocycles. The summed E-state index contributed by atoms with van der Waals surface area (Å²) in [7, 11) is 1.50. The fourth-order valence-corrected chi connectivity index (χ4v) is 9.11. The van der Waals surface area contributed by atoms with Crippen LogP contribution in [0.3, 0.4) is 0 Å². The lowest BCUT2D eigenvalue weighted by Crippen LogP contribution is -2.26. The van der Waals surface area contributed by atoms with Gasteiger partial charge in [0.05, 0.1) is 11.5 Å². The SMILES string of the molecule is CN.Cc1ccc(-c2ccc3c(c2)C2(c4ccccc4-3)c3cccc4ccc5cccc2c5c34)cc1.NC(c1ccccc1)c1cccc(-c2ccccc2)c1. The van der Waals surface area contributed by atoms with Crippen molar-refractivity contribution in [1.82, 2.24) is 0 Å². The van der Waals surface area contributed by atoms with Crippen molar-refractivity contribution >= 4 is 21.5 Å². The summed E-state index contributed by atoms with van der Waals surface area (Å²) in [6.07, 6.45) is 0. The van der Waals surface area contributed by atoms with Crippen LogP contribution in [0.5, 0.6) is 0 Å². The summed E-state index contributed by atoms with van der Waals surface area (Å²) in [6.45, 7) is 2.15. The topological polar surface area (TPSA) is 52.0 Å². The lowest BCUT2D eigenvalue weighted by molar-refractivity contribution is 0.797. The first kappa shape index (κ1) is 35.1. The second kappa shape index (κ2) is 14.6. The van der Waals surface area contributed by atoms with Crippen LogP contribution < -0.4 is 11.5 Å². The molecule has 0 saturated heterocycles. The zero-order valence-corrected chi connectivity index (χ0v) is 31.8. The summed E-state index contributed by atoms with van der Waals surface area (Å²) in [4.78, 5) is 0. The second-order valence-corrected chi connectivity index (χ2v) is 14.7. The fourth-order valence-electron chi connectivity index (χ4n) is 9.11. The van der Waals surface area contributed by atoms with Crippen LogP contribution in [0.1, 0.15) is 45.0 Å². The molecule has 270 valence electrons. The molecule has 9 aromatic carbocycles. The van der Waals surface area contributed by atoms with Crippen LogP contribution in [0.2, 0.25) is 0 Å². The normalized spacial score (nSPS) is 13.1. The molecule has 2 heteroatoms. The minimum absolute atomic E-state index is 0.0835. The van der Waals surface area contributed by atoms with E-state index < -0.39 is 0 Å². The van der Waals surface area contributed by atoms with E-state index in [9.17, 15) is 0 Å². The van der Waals surface area contributed by atoms with Gasteiger partial charge in [0.15, 0.2) is 0 Å². The van der Waals surface area contributed by atoms with Crippen molar-refractivity contribution in [2.45, 2.75) is 18.4 Å². The maximum Gasteiger partial charge on any atom is 0.0726 e. The fraction of sp³-hybridized carbons (Fsp3) is 0.0741. The van der Waals surface area contributed by atoms with Gasteiger partial charge in [0.1, 0.15) is 0 Å². The van der Waals surface area contributed by atoms with E-state index in [1.807, 2.05) is 24.3 Å². The molecule has 0 bridgehead atoms. The van der Waals surface area contributed by atoms with Crippen molar-refractivity contribution in [3.63, 3.8) is 0 Å². The van der Waals surface area contributed by atoms with Gasteiger partial charge >= 0.3 is 0 Å². The third-order valence-electron chi connectivity index (χ3n) is 11.6. The van der Waals surface area contributed by atoms with Gasteiger partial charge in [-0.2, -0.15) is 0 Å². The van der Waals surface area contributed by atoms with Crippen LogP contribution in [-0.4, -0.2) is 7.05 Å². The number of hydrogen-bond acceptors (Lipinski definition) is 2. The first-order chi connectivity index (χ1) is 27.6. The highest BCUT2D eigenvalue weighted by Crippen LogP contribution is 2.62. The van der Waals surface area contributed by atoms with E-state index in [4.69, 9.17) is 5.73 Å². The van der Waals surface area contributed by atoms with Gasteiger partial charge < -0.3 is 11.5 Å². The predicted molar refractivity (Wildman–Crippen MR) is 237 cm³/mol. The van der Waals surface area contributed by atoms with Crippen LogP contribution in [0, 0.1) is 6.92 Å². The van der Waals surface area contributed by atoms with E-state index in [1.54, 1.807) is 0 Å². The summed E-state index contributed by atoms with van der Waals surface area (Å²) in [5.41, 5.74) is 27.5. The van der Waals surface area contributed by atoms with E-state index in [0.29, 0.717) is 0 Å². The first-order valence-corrected chi connectivity index (χ1v) is 19.4. The lowest BCUT2D eigenvalue weighted by Gasteiger charge is -2.31. The Labute approximate surface area is 329 Å². The average molecular weight is 721 g/mol. The van der Waals surface area contributed by atoms with Crippen molar-refractivity contribution in [2.24, 2.45) is 11.5 Å². The number of aryl methyl sites for hydroxylation is 1. The standard InChI is InChI=1S/C34H22.C19H17N.CH5N/c1-21-12-14-22(15-13-21)25-18-19-27-26-8-2-3-9-28(26)34(31(27)20-25)29-10-4-6-23-16-17-24-7-5-11-30(34)33(24)32(23)29;20-19(16-10-5-2-6-11-16)18-13-7-12-17(14-18)15-8-3-1-4-9-15;1-2/h2-20H,1H3;1-14,19H,20H2;2H2,1H3. The van der Waals surface area contributed by atoms with Crippen LogP contribution in [-0.2, 0) is 5.41 Å². The van der Waals surface area contributed by atoms with Gasteiger partial charge in [-0.15, -0.1) is 0 Å². The Kier molecular flexibility index (Phi) is 9.15. The Bertz CT molecular complexity index is 2780. The van der Waals surface area contributed by atoms with Crippen molar-refractivity contribution < 1.29 is 0 Å². The van der Waals surface area contributed by atoms with Gasteiger partial charge in [-0.1, -0.05) is 194 Å². The quantitative estimate of drug-likeness (QED) is 0.178. The Morgan fingerprint density at radius 3 is 1.54 bits per heavy atom. The molecule has 2 aliphatic carbocycles. The minimum atomic E-state index is -0.282. The van der Waals surface area contributed by atoms with E-state index in [1.165, 1.54) is 89.8 Å². The van der Waals surface area contributed by atoms with Gasteiger partial charge in [0, 0.05) is 0 Å². The van der Waals surface area contributed by atoms with Crippen LogP contribution in [0.25, 0.3) is 54.9 Å². The number of rotatable bonds is 4. The van der Waals surface area contributed by atoms with Gasteiger partial charge in [-0.3, -0.25) is 0 Å². The molecule has 56 heavy (non-hydrogen) atoms. The van der Waals surface area contributed by atoms with Crippen molar-refractivity contribution in [3.05, 3.63) is 239 Å². The molecule has 4 N–H and O–H groups in total. The largest absolute Gasteiger partial charge is 0.333 e. The third kappa shape index (κ3) is 5.66. The molecule has 0 radical (unpaired) electrons. The zero-order valence-electron chi connectivity index (χ0n) is 31.8. The molecule has 0 aromatic heterocycles. The highest BCUT2D eigenvalue weighted by molar-refractivity contribution is 6.17. The monoisotopic (exact) mass is 720 g/mol. The average Bonchev–Trinajstić information content (AvgIpc) is 3.75. The number of hydrogen-bond donors (Lipinski definition) is 2. The molecule has 0 saturated carbocycles. The van der Waals surface area contributed by atoms with E-state index in [0.717, 1.165) is 11.1 Å². The van der Waals surface area contributed by atoms with E-state index >= 15 is 0 Å². The van der Waals surface area contributed by atoms with E-state index in [-0.39, 0.29) is 11.5 Å². The van der Waals surface area contributed by atoms with Gasteiger partial charge in [0.2, 0.25) is 0 Å². The Morgan fingerprint density at radius 2 is 0.857 bits per heavy atom. The molecular weight excluding hydrogens is 677 g/mol. The van der Waals surface area contributed by atoms with Gasteiger partial charge in [0.25, 0.3) is 0 Å². The molecule has 1 unspecified atom stereocenters. The van der Waals surface area contributed by atoms with Crippen molar-refractivity contribution in [2.75, 3.05) is 7.05 Å². The van der Waals surface area contributed by atoms with E-state index in [2.05, 4.69) is 189 Å². The molecule has 1 spiro atoms. The number of fused-ring (bicyclic) bond motifs is 7. The van der Waals surface area contributed by atoms with Crippen LogP contribution in [0.15, 0.2) is 200 Å².